The number of halogens is 1. The number of carbonyl (C=O) groups is 1. The second-order valence-corrected chi connectivity index (χ2v) is 21.1. The maximum Gasteiger partial charge on any atom is 0.128 e. The summed E-state index contributed by atoms with van der Waals surface area (Å²) in [6.07, 6.45) is 0. The van der Waals surface area contributed by atoms with Crippen LogP contribution in [0.1, 0.15) is 33.7 Å². The molecule has 0 radical (unpaired) electrons. The van der Waals surface area contributed by atoms with Gasteiger partial charge in [-0.25, -0.2) is 0 Å². The third kappa shape index (κ3) is 6.97. The first-order valence-corrected chi connectivity index (χ1v) is 25.5. The number of thiophene rings is 2. The van der Waals surface area contributed by atoms with Crippen LogP contribution in [0.2, 0.25) is 5.02 Å². The molecule has 0 atom stereocenters. The molecular weight excluding hydrogens is 944 g/mol. The maximum atomic E-state index is 9.62. The van der Waals surface area contributed by atoms with E-state index in [1.807, 2.05) is 34.8 Å². The molecule has 0 saturated carbocycles. The highest BCUT2D eigenvalue weighted by Crippen LogP contribution is 2.46. The van der Waals surface area contributed by atoms with Crippen LogP contribution in [0, 0.1) is 13.8 Å². The second kappa shape index (κ2) is 17.3. The Morgan fingerprint density at radius 3 is 1.65 bits per heavy atom. The minimum Gasteiger partial charge on any atom is -0.496 e. The van der Waals surface area contributed by atoms with Gasteiger partial charge in [-0.1, -0.05) is 85.8 Å². The van der Waals surface area contributed by atoms with Gasteiger partial charge in [-0.05, 0) is 157 Å². The van der Waals surface area contributed by atoms with Crippen molar-refractivity contribution in [2.75, 3.05) is 14.2 Å². The van der Waals surface area contributed by atoms with Gasteiger partial charge in [0.2, 0.25) is 0 Å². The minimum absolute atomic E-state index is 0. The number of aromatic nitrogens is 2. The Hall–Kier alpha value is -7.68. The molecule has 0 unspecified atom stereocenters. The molecule has 0 aliphatic rings. The van der Waals surface area contributed by atoms with Crippen LogP contribution in [0.25, 0.3) is 127 Å². The summed E-state index contributed by atoms with van der Waals surface area (Å²) < 4.78 is 27.9. The number of methoxy groups -OCH3 is 2. The molecular formula is C64H49ClN2O3S2. The van der Waals surface area contributed by atoms with Crippen LogP contribution < -0.4 is 9.47 Å². The topological polar surface area (TPSA) is 44.9 Å². The third-order valence-corrected chi connectivity index (χ3v) is 16.5. The number of aryl methyl sites for hydroxylation is 2. The fourth-order valence-corrected chi connectivity index (χ4v) is 13.7. The van der Waals surface area contributed by atoms with Crippen molar-refractivity contribution in [3.8, 4) is 17.2 Å². The van der Waals surface area contributed by atoms with Crippen LogP contribution in [0.5, 0.6) is 11.5 Å². The Balaban J connectivity index is 0.000000135. The van der Waals surface area contributed by atoms with E-state index in [0.29, 0.717) is 5.02 Å². The van der Waals surface area contributed by atoms with Crippen molar-refractivity contribution in [2.45, 2.75) is 35.1 Å². The molecule has 0 saturated heterocycles. The lowest BCUT2D eigenvalue weighted by molar-refractivity contribution is -0.115. The fraction of sp³-hybridized carbons (Fsp3) is 0.109. The Morgan fingerprint density at radius 1 is 0.500 bits per heavy atom. The van der Waals surface area contributed by atoms with Gasteiger partial charge in [0.25, 0.3) is 0 Å². The molecule has 0 aliphatic carbocycles. The van der Waals surface area contributed by atoms with E-state index in [1.165, 1.54) is 118 Å². The second-order valence-electron chi connectivity index (χ2n) is 18.6. The highest BCUT2D eigenvalue weighted by Gasteiger charge is 2.22. The van der Waals surface area contributed by atoms with Gasteiger partial charge >= 0.3 is 0 Å². The molecule has 72 heavy (non-hydrogen) atoms. The third-order valence-electron chi connectivity index (χ3n) is 14.0. The summed E-state index contributed by atoms with van der Waals surface area (Å²) >= 11 is 10.5. The number of nitrogens with zero attached hydrogens (tertiary/aromatic N) is 2. The van der Waals surface area contributed by atoms with Gasteiger partial charge in [0.05, 0.1) is 57.6 Å². The van der Waals surface area contributed by atoms with Gasteiger partial charge in [0, 0.05) is 68.9 Å². The zero-order valence-corrected chi connectivity index (χ0v) is 42.0. The normalized spacial score (nSPS) is 11.9. The first-order valence-electron chi connectivity index (χ1n) is 24.2. The van der Waals surface area contributed by atoms with Gasteiger partial charge in [0.1, 0.15) is 17.3 Å². The van der Waals surface area contributed by atoms with E-state index in [1.54, 1.807) is 14.2 Å². The molecule has 0 fully saturated rings. The molecule has 5 nitrogen and oxygen atoms in total. The standard InChI is InChI=1S/C30H20ClNOS.C30H19NOS.C3H6O.CH4/c1-17-7-10-21-23-15-18-8-9-20(14-19(18)16-28(23)34-27(21)13-17)32-25-6-4-3-5-22(25)29-26(33-2)12-11-24(31)30(29)32;1-16-7-8-19-23-13-17-12-22-20-9-10-26(32-2)29-21-5-3-4-6-24(21)31(30(20)29)25(22)14-18(17)15-28(23)33-27(19)11-16;1-3(2)4;/h3-16H,1-2H3;3-15H,1-2H3;1-2H3;1H4/i;;1D;. The molecule has 0 bridgehead atoms. The van der Waals surface area contributed by atoms with Gasteiger partial charge < -0.3 is 23.2 Å². The zero-order valence-electron chi connectivity index (χ0n) is 40.6. The van der Waals surface area contributed by atoms with E-state index >= 15 is 0 Å². The molecule has 352 valence electrons. The molecule has 0 aliphatic heterocycles. The lowest BCUT2D eigenvalue weighted by Gasteiger charge is -2.11. The van der Waals surface area contributed by atoms with Crippen molar-refractivity contribution in [1.29, 1.82) is 0 Å². The average molecular weight is 995 g/mol. The number of ketones is 1. The number of ether oxygens (including phenoxy) is 2. The van der Waals surface area contributed by atoms with E-state index < -0.39 is 0 Å². The van der Waals surface area contributed by atoms with Crippen molar-refractivity contribution in [1.82, 2.24) is 8.97 Å². The van der Waals surface area contributed by atoms with Crippen molar-refractivity contribution in [2.24, 2.45) is 0 Å². The smallest absolute Gasteiger partial charge is 0.128 e. The van der Waals surface area contributed by atoms with Gasteiger partial charge in [0.15, 0.2) is 0 Å². The van der Waals surface area contributed by atoms with Crippen molar-refractivity contribution < 1.29 is 15.6 Å². The molecule has 8 heteroatoms. The number of hydrogen-bond donors (Lipinski definition) is 0. The fourth-order valence-electron chi connectivity index (χ4n) is 11.0. The lowest BCUT2D eigenvalue weighted by atomic mass is 10.0. The van der Waals surface area contributed by atoms with E-state index in [0.717, 1.165) is 39.0 Å². The number of hydrogen-bond acceptors (Lipinski definition) is 5. The van der Waals surface area contributed by atoms with Gasteiger partial charge in [-0.15, -0.1) is 22.7 Å². The molecule has 5 aromatic heterocycles. The van der Waals surface area contributed by atoms with Crippen LogP contribution in [-0.2, 0) is 4.79 Å². The van der Waals surface area contributed by atoms with E-state index in [2.05, 4.69) is 174 Å². The Kier molecular flexibility index (Phi) is 10.6. The number of para-hydroxylation sites is 2. The van der Waals surface area contributed by atoms with Crippen LogP contribution in [0.4, 0.5) is 0 Å². The summed E-state index contributed by atoms with van der Waals surface area (Å²) in [4.78, 5) is 9.62. The highest BCUT2D eigenvalue weighted by molar-refractivity contribution is 7.26. The highest BCUT2D eigenvalue weighted by atomic mass is 35.5. The van der Waals surface area contributed by atoms with Gasteiger partial charge in [-0.3, -0.25) is 0 Å². The molecule has 0 N–H and O–H groups in total. The summed E-state index contributed by atoms with van der Waals surface area (Å²) in [5, 5.41) is 18.3. The zero-order chi connectivity index (χ0) is 49.1. The quantitative estimate of drug-likeness (QED) is 0.177. The van der Waals surface area contributed by atoms with E-state index in [9.17, 15) is 4.79 Å². The van der Waals surface area contributed by atoms with E-state index in [-0.39, 0.29) is 20.1 Å². The Morgan fingerprint density at radius 2 is 1.01 bits per heavy atom. The molecule has 0 amide bonds. The minimum atomic E-state index is -0.0833. The summed E-state index contributed by atoms with van der Waals surface area (Å²) in [7, 11) is 3.47. The largest absolute Gasteiger partial charge is 0.496 e. The van der Waals surface area contributed by atoms with Crippen LogP contribution in [0.3, 0.4) is 0 Å². The van der Waals surface area contributed by atoms with Crippen LogP contribution in [0.15, 0.2) is 164 Å². The number of rotatable bonds is 3. The number of Topliss-reactive ketones (excluding diaryl/α,β-unsaturated/α-hetero) is 1. The summed E-state index contributed by atoms with van der Waals surface area (Å²) in [5.74, 6) is 1.69. The lowest BCUT2D eigenvalue weighted by Crippen LogP contribution is -1.95. The predicted octanol–water partition coefficient (Wildman–Crippen LogP) is 19.2. The maximum absolute atomic E-state index is 9.62. The molecule has 5 heterocycles. The monoisotopic (exact) mass is 993 g/mol. The molecule has 15 rings (SSSR count). The molecule has 0 spiro atoms. The SMILES string of the molecule is C.COc1ccc(Cl)c2c1c1ccccc1n2-c1ccc2cc3c(cc2c1)sc1cc(C)ccc13.COc1ccc2c3cc4cc5c(cc4cc3n3c4ccccc4c1c23)sc1cc(C)ccc15.[2H]CC(C)=O. The molecule has 15 aromatic rings. The Bertz CT molecular complexity index is 4730. The first kappa shape index (κ1) is 44.3. The predicted molar refractivity (Wildman–Crippen MR) is 313 cm³/mol. The summed E-state index contributed by atoms with van der Waals surface area (Å²) in [6, 6.07) is 59.6. The van der Waals surface area contributed by atoms with Crippen molar-refractivity contribution >= 4 is 162 Å². The number of carbonyl (C=O) groups excluding carboxylic acids is 1. The van der Waals surface area contributed by atoms with Gasteiger partial charge in [-0.2, -0.15) is 0 Å². The average Bonchev–Trinajstić information content (AvgIpc) is 4.20. The first-order chi connectivity index (χ1) is 35.1. The summed E-state index contributed by atoms with van der Waals surface area (Å²) in [5.41, 5.74) is 9.52. The van der Waals surface area contributed by atoms with Crippen LogP contribution in [-0.4, -0.2) is 29.0 Å². The number of benzene rings is 10. The number of fused-ring (bicyclic) bond motifs is 17. The van der Waals surface area contributed by atoms with Crippen LogP contribution >= 0.6 is 34.3 Å². The van der Waals surface area contributed by atoms with E-state index in [4.69, 9.17) is 22.4 Å². The Labute approximate surface area is 430 Å². The summed E-state index contributed by atoms with van der Waals surface area (Å²) in [6.45, 7) is 5.63. The van der Waals surface area contributed by atoms with Crippen molar-refractivity contribution in [3.63, 3.8) is 0 Å². The molecule has 10 aromatic carbocycles. The van der Waals surface area contributed by atoms with Crippen molar-refractivity contribution in [3.05, 3.63) is 180 Å².